The third-order valence-corrected chi connectivity index (χ3v) is 6.91. The number of carbonyl (C=O) groups excluding carboxylic acids is 3. The Balaban J connectivity index is 2.16. The summed E-state index contributed by atoms with van der Waals surface area (Å²) in [5, 5.41) is 4.80. The fourth-order valence-corrected chi connectivity index (χ4v) is 4.99. The second-order valence-electron chi connectivity index (χ2n) is 8.11. The first-order chi connectivity index (χ1) is 16.8. The maximum atomic E-state index is 14.0. The van der Waals surface area contributed by atoms with E-state index in [9.17, 15) is 14.4 Å². The number of nitrogens with two attached hydrogens (primary N) is 2. The number of hydrogen-bond acceptors (Lipinski definition) is 8. The van der Waals surface area contributed by atoms with Gasteiger partial charge in [-0.1, -0.05) is 32.0 Å². The molecule has 1 atom stereocenters. The molecule has 0 aliphatic heterocycles. The van der Waals surface area contributed by atoms with Crippen LogP contribution in [0.3, 0.4) is 0 Å². The molecule has 0 saturated carbocycles. The van der Waals surface area contributed by atoms with Crippen molar-refractivity contribution in [3.63, 3.8) is 0 Å². The molecule has 9 nitrogen and oxygen atoms in total. The molecule has 3 aromatic rings. The average molecular weight is 516 g/mol. The fourth-order valence-electron chi connectivity index (χ4n) is 3.44. The molecule has 5 N–H and O–H groups in total. The molecule has 3 rings (SSSR count). The lowest BCUT2D eigenvalue weighted by Gasteiger charge is -2.31. The van der Waals surface area contributed by atoms with Gasteiger partial charge in [-0.05, 0) is 54.4 Å². The summed E-state index contributed by atoms with van der Waals surface area (Å²) >= 11 is 2.12. The number of nitrogens with one attached hydrogen (secondary N) is 1. The SMILES string of the molecule is CCOc1ccccc1N(C(=O)c1snc(C(N)=O)c1N)[C@H](C(=O)NCCC(C)C)c1cccs1. The molecule has 35 heavy (non-hydrogen) atoms. The summed E-state index contributed by atoms with van der Waals surface area (Å²) in [7, 11) is 0. The topological polar surface area (TPSA) is 141 Å². The number of benzene rings is 1. The normalized spacial score (nSPS) is 11.8. The zero-order valence-corrected chi connectivity index (χ0v) is 21.4. The summed E-state index contributed by atoms with van der Waals surface area (Å²) in [4.78, 5) is 41.3. The average Bonchev–Trinajstić information content (AvgIpc) is 3.47. The van der Waals surface area contributed by atoms with Crippen LogP contribution in [0.1, 0.15) is 58.3 Å². The third kappa shape index (κ3) is 5.98. The molecule has 2 heterocycles. The van der Waals surface area contributed by atoms with Crippen molar-refractivity contribution in [2.45, 2.75) is 33.2 Å². The van der Waals surface area contributed by atoms with Crippen LogP contribution >= 0.6 is 22.9 Å². The largest absolute Gasteiger partial charge is 0.492 e. The first kappa shape index (κ1) is 26.2. The fraction of sp³-hybridized carbons (Fsp3) is 0.333. The number of hydrogen-bond donors (Lipinski definition) is 3. The number of rotatable bonds is 11. The summed E-state index contributed by atoms with van der Waals surface area (Å²) in [6, 6.07) is 9.58. The molecule has 0 aliphatic rings. The molecule has 0 fully saturated rings. The van der Waals surface area contributed by atoms with Crippen molar-refractivity contribution in [1.29, 1.82) is 0 Å². The number of ether oxygens (including phenoxy) is 1. The summed E-state index contributed by atoms with van der Waals surface area (Å²) < 4.78 is 9.77. The number of anilines is 2. The van der Waals surface area contributed by atoms with Crippen molar-refractivity contribution in [3.05, 3.63) is 57.2 Å². The van der Waals surface area contributed by atoms with Gasteiger partial charge in [0.2, 0.25) is 5.91 Å². The number of amides is 3. The highest BCUT2D eigenvalue weighted by molar-refractivity contribution is 7.10. The predicted molar refractivity (Wildman–Crippen MR) is 139 cm³/mol. The van der Waals surface area contributed by atoms with Gasteiger partial charge in [-0.15, -0.1) is 11.3 Å². The highest BCUT2D eigenvalue weighted by atomic mass is 32.1. The minimum absolute atomic E-state index is 0.0154. The van der Waals surface area contributed by atoms with Crippen LogP contribution in [0.2, 0.25) is 0 Å². The number of nitrogen functional groups attached to an aromatic ring is 1. The molecule has 0 aliphatic carbocycles. The molecule has 0 spiro atoms. The zero-order valence-electron chi connectivity index (χ0n) is 19.8. The Kier molecular flexibility index (Phi) is 8.83. The Labute approximate surface area is 212 Å². The standard InChI is InChI=1S/C24H29N5O4S2/c1-4-33-16-9-6-5-8-15(16)29(24(32)21-18(25)19(22(26)30)28-35-21)20(17-10-7-13-34-17)23(31)27-12-11-14(2)3/h5-10,13-14,20H,4,11-12,25H2,1-3H3,(H2,26,30)(H,27,31)/t20-/m0/s1. The lowest BCUT2D eigenvalue weighted by atomic mass is 10.1. The molecule has 0 unspecified atom stereocenters. The van der Waals surface area contributed by atoms with Crippen molar-refractivity contribution in [2.24, 2.45) is 11.7 Å². The van der Waals surface area contributed by atoms with Crippen molar-refractivity contribution in [2.75, 3.05) is 23.8 Å². The molecule has 0 bridgehead atoms. The van der Waals surface area contributed by atoms with E-state index in [-0.39, 0.29) is 22.2 Å². The van der Waals surface area contributed by atoms with Gasteiger partial charge in [-0.2, -0.15) is 4.37 Å². The first-order valence-electron chi connectivity index (χ1n) is 11.2. The van der Waals surface area contributed by atoms with Crippen LogP contribution in [0.4, 0.5) is 11.4 Å². The van der Waals surface area contributed by atoms with Crippen molar-refractivity contribution in [3.8, 4) is 5.75 Å². The van der Waals surface area contributed by atoms with Gasteiger partial charge in [-0.25, -0.2) is 0 Å². The van der Waals surface area contributed by atoms with Crippen LogP contribution in [0.25, 0.3) is 0 Å². The summed E-state index contributed by atoms with van der Waals surface area (Å²) in [5.41, 5.74) is 11.6. The third-order valence-electron chi connectivity index (χ3n) is 5.14. The summed E-state index contributed by atoms with van der Waals surface area (Å²) in [6.07, 6.45) is 0.788. The number of para-hydroxylation sites is 2. The molecule has 0 saturated heterocycles. The van der Waals surface area contributed by atoms with Gasteiger partial charge in [0.1, 0.15) is 10.6 Å². The van der Waals surface area contributed by atoms with E-state index in [1.54, 1.807) is 30.3 Å². The van der Waals surface area contributed by atoms with Crippen LogP contribution in [0.5, 0.6) is 5.75 Å². The monoisotopic (exact) mass is 515 g/mol. The van der Waals surface area contributed by atoms with E-state index in [2.05, 4.69) is 23.5 Å². The van der Waals surface area contributed by atoms with Gasteiger partial charge < -0.3 is 21.5 Å². The zero-order chi connectivity index (χ0) is 25.5. The van der Waals surface area contributed by atoms with Gasteiger partial charge in [0, 0.05) is 11.4 Å². The van der Waals surface area contributed by atoms with Crippen LogP contribution in [0.15, 0.2) is 41.8 Å². The Hall–Kier alpha value is -3.44. The minimum Gasteiger partial charge on any atom is -0.492 e. The van der Waals surface area contributed by atoms with Gasteiger partial charge in [0.25, 0.3) is 11.8 Å². The van der Waals surface area contributed by atoms with E-state index < -0.39 is 17.9 Å². The van der Waals surface area contributed by atoms with E-state index >= 15 is 0 Å². The van der Waals surface area contributed by atoms with Crippen LogP contribution in [0, 0.1) is 5.92 Å². The van der Waals surface area contributed by atoms with E-state index in [4.69, 9.17) is 16.2 Å². The Morgan fingerprint density at radius 1 is 1.17 bits per heavy atom. The molecule has 186 valence electrons. The highest BCUT2D eigenvalue weighted by Gasteiger charge is 2.37. The van der Waals surface area contributed by atoms with E-state index in [1.165, 1.54) is 16.2 Å². The van der Waals surface area contributed by atoms with Crippen LogP contribution in [-0.4, -0.2) is 35.2 Å². The van der Waals surface area contributed by atoms with Gasteiger partial charge in [-0.3, -0.25) is 19.3 Å². The number of aromatic nitrogens is 1. The van der Waals surface area contributed by atoms with Gasteiger partial charge in [0.05, 0.1) is 18.0 Å². The maximum absolute atomic E-state index is 14.0. The maximum Gasteiger partial charge on any atom is 0.273 e. The highest BCUT2D eigenvalue weighted by Crippen LogP contribution is 2.39. The molecule has 2 aromatic heterocycles. The van der Waals surface area contributed by atoms with Crippen LogP contribution < -0.4 is 26.4 Å². The molecule has 11 heteroatoms. The number of primary amides is 1. The lowest BCUT2D eigenvalue weighted by Crippen LogP contribution is -2.44. The van der Waals surface area contributed by atoms with Gasteiger partial charge >= 0.3 is 0 Å². The van der Waals surface area contributed by atoms with Gasteiger partial charge in [0.15, 0.2) is 11.7 Å². The summed E-state index contributed by atoms with van der Waals surface area (Å²) in [6.45, 7) is 6.79. The summed E-state index contributed by atoms with van der Waals surface area (Å²) in [5.74, 6) is -0.933. The quantitative estimate of drug-likeness (QED) is 0.354. The van der Waals surface area contributed by atoms with E-state index in [1.807, 2.05) is 18.4 Å². The smallest absolute Gasteiger partial charge is 0.273 e. The van der Waals surface area contributed by atoms with Crippen molar-refractivity contribution in [1.82, 2.24) is 9.69 Å². The second-order valence-corrected chi connectivity index (χ2v) is 9.86. The predicted octanol–water partition coefficient (Wildman–Crippen LogP) is 3.83. The number of nitrogens with zero attached hydrogens (tertiary/aromatic N) is 2. The molecular formula is C24H29N5O4S2. The molecule has 3 amide bonds. The Morgan fingerprint density at radius 3 is 2.51 bits per heavy atom. The molecule has 1 aromatic carbocycles. The van der Waals surface area contributed by atoms with Crippen molar-refractivity contribution < 1.29 is 19.1 Å². The lowest BCUT2D eigenvalue weighted by molar-refractivity contribution is -0.122. The number of carbonyl (C=O) groups is 3. The van der Waals surface area contributed by atoms with Crippen molar-refractivity contribution >= 4 is 52.0 Å². The first-order valence-corrected chi connectivity index (χ1v) is 12.8. The Bertz CT molecular complexity index is 1180. The van der Waals surface area contributed by atoms with E-state index in [0.29, 0.717) is 35.4 Å². The minimum atomic E-state index is -1.00. The molecule has 0 radical (unpaired) electrons. The Morgan fingerprint density at radius 2 is 1.91 bits per heavy atom. The van der Waals surface area contributed by atoms with Crippen LogP contribution in [-0.2, 0) is 4.79 Å². The van der Waals surface area contributed by atoms with E-state index in [0.717, 1.165) is 18.0 Å². The second kappa shape index (κ2) is 11.8. The number of thiophene rings is 1. The molecular weight excluding hydrogens is 486 g/mol.